The molecule has 1 saturated carbocycles. The fourth-order valence-electron chi connectivity index (χ4n) is 2.95. The van der Waals surface area contributed by atoms with Gasteiger partial charge in [0.1, 0.15) is 6.10 Å². The molecule has 0 saturated heterocycles. The third-order valence-electron chi connectivity index (χ3n) is 4.22. The number of aliphatic hydroxyl groups excluding tert-OH is 2. The standard InChI is InChI=1S/C17H24O3/c18-15-9-5-4-8-14(10-11-16(19)17(15)20)12-13-6-2-1-3-7-13/h1-3,6-7,14-15,17-18,20H,4-5,8-12H2. The Balaban J connectivity index is 1.95. The Morgan fingerprint density at radius 3 is 2.45 bits per heavy atom. The molecule has 0 amide bonds. The maximum atomic E-state index is 11.8. The van der Waals surface area contributed by atoms with Gasteiger partial charge < -0.3 is 10.2 Å². The van der Waals surface area contributed by atoms with Crippen molar-refractivity contribution in [3.05, 3.63) is 35.9 Å². The van der Waals surface area contributed by atoms with Crippen LogP contribution in [0, 0.1) is 5.92 Å². The van der Waals surface area contributed by atoms with Crippen LogP contribution >= 0.6 is 0 Å². The van der Waals surface area contributed by atoms with E-state index in [2.05, 4.69) is 12.1 Å². The summed E-state index contributed by atoms with van der Waals surface area (Å²) < 4.78 is 0. The Labute approximate surface area is 120 Å². The van der Waals surface area contributed by atoms with Crippen LogP contribution in [0.1, 0.15) is 44.1 Å². The maximum Gasteiger partial charge on any atom is 0.163 e. The number of carbonyl (C=O) groups excluding carboxylic acids is 1. The molecule has 1 aromatic carbocycles. The van der Waals surface area contributed by atoms with Gasteiger partial charge in [0.15, 0.2) is 5.78 Å². The third-order valence-corrected chi connectivity index (χ3v) is 4.22. The summed E-state index contributed by atoms with van der Waals surface area (Å²) in [5.74, 6) is 0.279. The number of benzene rings is 1. The fourth-order valence-corrected chi connectivity index (χ4v) is 2.95. The van der Waals surface area contributed by atoms with Crippen LogP contribution in [0.2, 0.25) is 0 Å². The molecule has 0 radical (unpaired) electrons. The van der Waals surface area contributed by atoms with Crippen molar-refractivity contribution >= 4 is 5.78 Å². The lowest BCUT2D eigenvalue weighted by Crippen LogP contribution is -2.34. The number of rotatable bonds is 2. The average Bonchev–Trinajstić information content (AvgIpc) is 2.47. The first-order valence-electron chi connectivity index (χ1n) is 7.59. The largest absolute Gasteiger partial charge is 0.390 e. The monoisotopic (exact) mass is 276 g/mol. The minimum Gasteiger partial charge on any atom is -0.390 e. The molecule has 0 aliphatic heterocycles. The van der Waals surface area contributed by atoms with E-state index in [1.54, 1.807) is 0 Å². The number of hydrogen-bond donors (Lipinski definition) is 2. The van der Waals surface area contributed by atoms with Crippen molar-refractivity contribution in [2.45, 2.75) is 57.2 Å². The first-order chi connectivity index (χ1) is 9.66. The van der Waals surface area contributed by atoms with Gasteiger partial charge >= 0.3 is 0 Å². The van der Waals surface area contributed by atoms with Crippen molar-refractivity contribution in [1.29, 1.82) is 0 Å². The number of ketones is 1. The van der Waals surface area contributed by atoms with Crippen molar-refractivity contribution in [1.82, 2.24) is 0 Å². The van der Waals surface area contributed by atoms with Crippen molar-refractivity contribution in [3.63, 3.8) is 0 Å². The summed E-state index contributed by atoms with van der Waals surface area (Å²) in [5, 5.41) is 19.4. The van der Waals surface area contributed by atoms with E-state index >= 15 is 0 Å². The zero-order valence-corrected chi connectivity index (χ0v) is 11.9. The van der Waals surface area contributed by atoms with Crippen molar-refractivity contribution in [2.75, 3.05) is 0 Å². The van der Waals surface area contributed by atoms with E-state index in [0.29, 0.717) is 18.8 Å². The van der Waals surface area contributed by atoms with Crippen LogP contribution in [0.15, 0.2) is 30.3 Å². The molecule has 20 heavy (non-hydrogen) atoms. The summed E-state index contributed by atoms with van der Waals surface area (Å²) in [6.07, 6.45) is 3.63. The van der Waals surface area contributed by atoms with E-state index in [0.717, 1.165) is 32.1 Å². The molecule has 110 valence electrons. The highest BCUT2D eigenvalue weighted by molar-refractivity contribution is 5.83. The van der Waals surface area contributed by atoms with E-state index in [-0.39, 0.29) is 5.78 Å². The Morgan fingerprint density at radius 1 is 1.00 bits per heavy atom. The van der Waals surface area contributed by atoms with E-state index in [4.69, 9.17) is 0 Å². The lowest BCUT2D eigenvalue weighted by Gasteiger charge is -2.22. The molecular formula is C17H24O3. The second kappa shape index (κ2) is 7.55. The maximum absolute atomic E-state index is 11.8. The van der Waals surface area contributed by atoms with Gasteiger partial charge in [0.05, 0.1) is 6.10 Å². The predicted molar refractivity (Wildman–Crippen MR) is 78.4 cm³/mol. The van der Waals surface area contributed by atoms with E-state index < -0.39 is 12.2 Å². The van der Waals surface area contributed by atoms with Gasteiger partial charge in [0.2, 0.25) is 0 Å². The Morgan fingerprint density at radius 2 is 1.70 bits per heavy atom. The Bertz CT molecular complexity index is 416. The summed E-state index contributed by atoms with van der Waals surface area (Å²) in [6.45, 7) is 0. The number of Topliss-reactive ketones (excluding diaryl/α,β-unsaturated/α-hetero) is 1. The molecule has 1 fully saturated rings. The zero-order chi connectivity index (χ0) is 14.4. The molecule has 3 unspecified atom stereocenters. The highest BCUT2D eigenvalue weighted by Gasteiger charge is 2.25. The van der Waals surface area contributed by atoms with Gasteiger partial charge in [0, 0.05) is 6.42 Å². The SMILES string of the molecule is O=C1CCC(Cc2ccccc2)CCCCC(O)C1O. The van der Waals surface area contributed by atoms with Crippen LogP contribution in [-0.4, -0.2) is 28.2 Å². The zero-order valence-electron chi connectivity index (χ0n) is 11.9. The van der Waals surface area contributed by atoms with Gasteiger partial charge in [-0.2, -0.15) is 0 Å². The van der Waals surface area contributed by atoms with Crippen LogP contribution < -0.4 is 0 Å². The highest BCUT2D eigenvalue weighted by atomic mass is 16.3. The lowest BCUT2D eigenvalue weighted by molar-refractivity contribution is -0.133. The van der Waals surface area contributed by atoms with Crippen LogP contribution in [0.25, 0.3) is 0 Å². The molecule has 0 heterocycles. The average molecular weight is 276 g/mol. The summed E-state index contributed by atoms with van der Waals surface area (Å²) in [7, 11) is 0. The first kappa shape index (κ1) is 15.2. The van der Waals surface area contributed by atoms with Gasteiger partial charge in [-0.05, 0) is 30.7 Å². The smallest absolute Gasteiger partial charge is 0.163 e. The van der Waals surface area contributed by atoms with E-state index in [1.807, 2.05) is 18.2 Å². The minimum atomic E-state index is -1.19. The number of carbonyl (C=O) groups is 1. The van der Waals surface area contributed by atoms with Crippen molar-refractivity contribution < 1.29 is 15.0 Å². The lowest BCUT2D eigenvalue weighted by atomic mass is 9.86. The van der Waals surface area contributed by atoms with Crippen LogP contribution in [0.4, 0.5) is 0 Å². The molecule has 0 aromatic heterocycles. The van der Waals surface area contributed by atoms with Gasteiger partial charge in [0.25, 0.3) is 0 Å². The van der Waals surface area contributed by atoms with Crippen LogP contribution in [-0.2, 0) is 11.2 Å². The minimum absolute atomic E-state index is 0.211. The molecule has 1 aromatic rings. The quantitative estimate of drug-likeness (QED) is 0.872. The molecule has 1 aliphatic carbocycles. The summed E-state index contributed by atoms with van der Waals surface area (Å²) in [4.78, 5) is 11.8. The van der Waals surface area contributed by atoms with E-state index in [9.17, 15) is 15.0 Å². The first-order valence-corrected chi connectivity index (χ1v) is 7.59. The second-order valence-corrected chi connectivity index (χ2v) is 5.86. The van der Waals surface area contributed by atoms with Gasteiger partial charge in [-0.15, -0.1) is 0 Å². The molecule has 3 atom stereocenters. The van der Waals surface area contributed by atoms with Crippen molar-refractivity contribution in [2.24, 2.45) is 5.92 Å². The Hall–Kier alpha value is -1.19. The molecular weight excluding hydrogens is 252 g/mol. The van der Waals surface area contributed by atoms with Gasteiger partial charge in [-0.1, -0.05) is 49.6 Å². The molecule has 0 spiro atoms. The molecule has 2 N–H and O–H groups in total. The van der Waals surface area contributed by atoms with E-state index in [1.165, 1.54) is 5.56 Å². The number of aliphatic hydroxyl groups is 2. The summed E-state index contributed by atoms with van der Waals surface area (Å²) >= 11 is 0. The molecule has 3 nitrogen and oxygen atoms in total. The molecule has 3 heteroatoms. The fraction of sp³-hybridized carbons (Fsp3) is 0.588. The molecule has 1 aliphatic rings. The summed E-state index contributed by atoms with van der Waals surface area (Å²) in [5.41, 5.74) is 1.31. The summed E-state index contributed by atoms with van der Waals surface area (Å²) in [6, 6.07) is 10.3. The normalized spacial score (nSPS) is 29.1. The molecule has 2 rings (SSSR count). The van der Waals surface area contributed by atoms with Crippen LogP contribution in [0.5, 0.6) is 0 Å². The second-order valence-electron chi connectivity index (χ2n) is 5.86. The van der Waals surface area contributed by atoms with Gasteiger partial charge in [-0.25, -0.2) is 0 Å². The predicted octanol–water partition coefficient (Wildman–Crippen LogP) is 2.49. The number of hydrogen-bond acceptors (Lipinski definition) is 3. The van der Waals surface area contributed by atoms with Gasteiger partial charge in [-0.3, -0.25) is 4.79 Å². The third kappa shape index (κ3) is 4.43. The highest BCUT2D eigenvalue weighted by Crippen LogP contribution is 2.24. The topological polar surface area (TPSA) is 57.5 Å². The van der Waals surface area contributed by atoms with Crippen LogP contribution in [0.3, 0.4) is 0 Å². The van der Waals surface area contributed by atoms with Crippen molar-refractivity contribution in [3.8, 4) is 0 Å². The Kier molecular flexibility index (Phi) is 5.74. The molecule has 0 bridgehead atoms.